The monoisotopic (exact) mass is 326 g/mol. The molecule has 3 saturated heterocycles. The molecule has 3 heterocycles. The summed E-state index contributed by atoms with van der Waals surface area (Å²) < 4.78 is 22.5. The lowest BCUT2D eigenvalue weighted by Gasteiger charge is -2.33. The Hall–Kier alpha value is -1.14. The number of methoxy groups -OCH3 is 1. The highest BCUT2D eigenvalue weighted by molar-refractivity contribution is 5.84. The first-order valence-corrected chi connectivity index (χ1v) is 8.64. The largest absolute Gasteiger partial charge is 0.469 e. The van der Waals surface area contributed by atoms with Crippen molar-refractivity contribution < 1.29 is 28.5 Å². The molecule has 2 bridgehead atoms. The van der Waals surface area contributed by atoms with Crippen LogP contribution in [0.4, 0.5) is 0 Å². The summed E-state index contributed by atoms with van der Waals surface area (Å²) in [5.41, 5.74) is 0. The van der Waals surface area contributed by atoms with Gasteiger partial charge in [0.15, 0.2) is 0 Å². The van der Waals surface area contributed by atoms with Gasteiger partial charge in [-0.15, -0.1) is 0 Å². The average Bonchev–Trinajstić information content (AvgIpc) is 3.22. The van der Waals surface area contributed by atoms with Crippen LogP contribution >= 0.6 is 0 Å². The van der Waals surface area contributed by atoms with E-state index < -0.39 is 11.8 Å². The molecule has 3 fully saturated rings. The molecule has 0 aromatic heterocycles. The van der Waals surface area contributed by atoms with Crippen molar-refractivity contribution in [3.63, 3.8) is 0 Å². The highest BCUT2D eigenvalue weighted by Crippen LogP contribution is 2.57. The van der Waals surface area contributed by atoms with Crippen molar-refractivity contribution >= 4 is 11.9 Å². The summed E-state index contributed by atoms with van der Waals surface area (Å²) in [5.74, 6) is -1.59. The van der Waals surface area contributed by atoms with Gasteiger partial charge in [-0.2, -0.15) is 0 Å². The van der Waals surface area contributed by atoms with Gasteiger partial charge in [0.05, 0.1) is 50.0 Å². The summed E-state index contributed by atoms with van der Waals surface area (Å²) in [6.45, 7) is 6.23. The van der Waals surface area contributed by atoms with E-state index in [0.717, 1.165) is 12.8 Å². The van der Waals surface area contributed by atoms with Gasteiger partial charge in [-0.25, -0.2) is 0 Å². The van der Waals surface area contributed by atoms with Crippen LogP contribution in [0.5, 0.6) is 0 Å². The predicted octanol–water partition coefficient (Wildman–Crippen LogP) is 1.56. The van der Waals surface area contributed by atoms with E-state index in [9.17, 15) is 9.59 Å². The highest BCUT2D eigenvalue weighted by Gasteiger charge is 2.69. The van der Waals surface area contributed by atoms with Crippen molar-refractivity contribution in [2.45, 2.75) is 58.0 Å². The Morgan fingerprint density at radius 3 is 1.83 bits per heavy atom. The fourth-order valence-corrected chi connectivity index (χ4v) is 4.86. The summed E-state index contributed by atoms with van der Waals surface area (Å²) >= 11 is 0. The van der Waals surface area contributed by atoms with Crippen LogP contribution in [0.1, 0.15) is 33.6 Å². The molecular weight excluding hydrogens is 300 g/mol. The molecule has 0 radical (unpaired) electrons. The van der Waals surface area contributed by atoms with Crippen LogP contribution in [0.25, 0.3) is 0 Å². The third kappa shape index (κ3) is 2.38. The molecular formula is C17H26O6. The predicted molar refractivity (Wildman–Crippen MR) is 80.5 cm³/mol. The van der Waals surface area contributed by atoms with E-state index in [0.29, 0.717) is 6.61 Å². The molecule has 0 amide bonds. The smallest absolute Gasteiger partial charge is 0.312 e. The van der Waals surface area contributed by atoms with Crippen molar-refractivity contribution in [1.82, 2.24) is 0 Å². The number of rotatable bonds is 5. The fourth-order valence-electron chi connectivity index (χ4n) is 4.86. The Labute approximate surface area is 136 Å². The highest BCUT2D eigenvalue weighted by atomic mass is 16.6. The number of ether oxygens (including phenoxy) is 4. The molecule has 8 unspecified atom stereocenters. The number of fused-ring (bicyclic) bond motifs is 5. The Morgan fingerprint density at radius 1 is 0.870 bits per heavy atom. The van der Waals surface area contributed by atoms with Crippen LogP contribution < -0.4 is 0 Å². The lowest BCUT2D eigenvalue weighted by atomic mass is 9.65. The molecule has 3 aliphatic rings. The first-order chi connectivity index (χ1) is 11.1. The van der Waals surface area contributed by atoms with Gasteiger partial charge in [-0.3, -0.25) is 9.59 Å². The molecule has 0 N–H and O–H groups in total. The summed E-state index contributed by atoms with van der Waals surface area (Å²) in [6, 6.07) is 0. The second kappa shape index (κ2) is 6.40. The zero-order valence-corrected chi connectivity index (χ0v) is 14.2. The number of carbonyl (C=O) groups excluding carboxylic acids is 2. The van der Waals surface area contributed by atoms with E-state index in [4.69, 9.17) is 18.9 Å². The standard InChI is InChI=1S/C17H26O6/c1-5-8-10-11(9(6-2)22-8)15-13(17(19)21-7-3)12(14(10)23-15)16(18)20-4/h8-15H,5-7H2,1-4H3. The van der Waals surface area contributed by atoms with Crippen LogP contribution in [0.15, 0.2) is 0 Å². The Kier molecular flexibility index (Phi) is 4.65. The Bertz CT molecular complexity index is 478. The van der Waals surface area contributed by atoms with Crippen LogP contribution in [0.2, 0.25) is 0 Å². The molecule has 0 aromatic carbocycles. The van der Waals surface area contributed by atoms with E-state index in [1.807, 2.05) is 0 Å². The summed E-state index contributed by atoms with van der Waals surface area (Å²) in [5, 5.41) is 0. The first kappa shape index (κ1) is 16.7. The minimum atomic E-state index is -0.585. The molecule has 0 saturated carbocycles. The lowest BCUT2D eigenvalue weighted by molar-refractivity contribution is -0.161. The molecule has 0 aromatic rings. The third-order valence-electron chi connectivity index (χ3n) is 5.66. The van der Waals surface area contributed by atoms with E-state index in [-0.39, 0.29) is 48.2 Å². The SMILES string of the molecule is CCOC(=O)C1C2OC(C1C(=O)OC)C1C(CC)OC(CC)C21. The molecule has 130 valence electrons. The van der Waals surface area contributed by atoms with Crippen LogP contribution in [0.3, 0.4) is 0 Å². The van der Waals surface area contributed by atoms with E-state index in [1.165, 1.54) is 7.11 Å². The average molecular weight is 326 g/mol. The maximum Gasteiger partial charge on any atom is 0.312 e. The summed E-state index contributed by atoms with van der Waals surface area (Å²) in [7, 11) is 1.35. The van der Waals surface area contributed by atoms with Gasteiger partial charge in [-0.05, 0) is 19.8 Å². The third-order valence-corrected chi connectivity index (χ3v) is 5.66. The first-order valence-electron chi connectivity index (χ1n) is 8.64. The second-order valence-corrected chi connectivity index (χ2v) is 6.58. The molecule has 0 spiro atoms. The van der Waals surface area contributed by atoms with Crippen LogP contribution in [-0.2, 0) is 28.5 Å². The molecule has 3 rings (SSSR count). The fraction of sp³-hybridized carbons (Fsp3) is 0.882. The van der Waals surface area contributed by atoms with E-state index in [1.54, 1.807) is 6.92 Å². The molecule has 0 aliphatic carbocycles. The van der Waals surface area contributed by atoms with Gasteiger partial charge in [0.1, 0.15) is 0 Å². The molecule has 6 nitrogen and oxygen atoms in total. The van der Waals surface area contributed by atoms with Gasteiger partial charge in [0.25, 0.3) is 0 Å². The molecule has 6 heteroatoms. The van der Waals surface area contributed by atoms with Crippen molar-refractivity contribution in [2.75, 3.05) is 13.7 Å². The number of hydrogen-bond acceptors (Lipinski definition) is 6. The topological polar surface area (TPSA) is 71.1 Å². The van der Waals surface area contributed by atoms with Crippen molar-refractivity contribution in [1.29, 1.82) is 0 Å². The summed E-state index contributed by atoms with van der Waals surface area (Å²) in [6.07, 6.45) is 1.29. The van der Waals surface area contributed by atoms with Gasteiger partial charge >= 0.3 is 11.9 Å². The Balaban J connectivity index is 1.93. The zero-order chi connectivity index (χ0) is 16.7. The van der Waals surface area contributed by atoms with Gasteiger partial charge in [0, 0.05) is 11.8 Å². The zero-order valence-electron chi connectivity index (χ0n) is 14.2. The van der Waals surface area contributed by atoms with Gasteiger partial charge < -0.3 is 18.9 Å². The Morgan fingerprint density at radius 2 is 1.39 bits per heavy atom. The number of esters is 2. The summed E-state index contributed by atoms with van der Waals surface area (Å²) in [4.78, 5) is 24.8. The quantitative estimate of drug-likeness (QED) is 0.714. The second-order valence-electron chi connectivity index (χ2n) is 6.58. The lowest BCUT2D eigenvalue weighted by Crippen LogP contribution is -2.49. The van der Waals surface area contributed by atoms with Crippen molar-refractivity contribution in [3.8, 4) is 0 Å². The van der Waals surface area contributed by atoms with Crippen LogP contribution in [0, 0.1) is 23.7 Å². The van der Waals surface area contributed by atoms with Crippen molar-refractivity contribution in [2.24, 2.45) is 23.7 Å². The van der Waals surface area contributed by atoms with Gasteiger partial charge in [0.2, 0.25) is 0 Å². The minimum Gasteiger partial charge on any atom is -0.469 e. The molecule has 23 heavy (non-hydrogen) atoms. The number of carbonyl (C=O) groups is 2. The van der Waals surface area contributed by atoms with Crippen molar-refractivity contribution in [3.05, 3.63) is 0 Å². The number of hydrogen-bond donors (Lipinski definition) is 0. The minimum absolute atomic E-state index is 0.0789. The van der Waals surface area contributed by atoms with E-state index in [2.05, 4.69) is 13.8 Å². The van der Waals surface area contributed by atoms with Crippen LogP contribution in [-0.4, -0.2) is 50.1 Å². The maximum absolute atomic E-state index is 12.4. The molecule has 8 atom stereocenters. The van der Waals surface area contributed by atoms with E-state index >= 15 is 0 Å². The normalized spacial score (nSPS) is 44.2. The molecule has 3 aliphatic heterocycles. The van der Waals surface area contributed by atoms with Gasteiger partial charge in [-0.1, -0.05) is 13.8 Å². The maximum atomic E-state index is 12.4.